The maximum Gasteiger partial charge on any atom is 0.271 e. The molecule has 0 saturated heterocycles. The lowest BCUT2D eigenvalue weighted by Crippen LogP contribution is -2.53. The van der Waals surface area contributed by atoms with Crippen molar-refractivity contribution in [1.29, 1.82) is 0 Å². The van der Waals surface area contributed by atoms with Crippen LogP contribution < -0.4 is 9.62 Å². The first kappa shape index (κ1) is 33.8. The molecule has 0 aliphatic carbocycles. The molecule has 0 unspecified atom stereocenters. The summed E-state index contributed by atoms with van der Waals surface area (Å²) in [6.45, 7) is 4.87. The number of hydrogen-bond donors (Lipinski definition) is 1. The fourth-order valence-electron chi connectivity index (χ4n) is 4.41. The highest BCUT2D eigenvalue weighted by Crippen LogP contribution is 2.30. The van der Waals surface area contributed by atoms with Crippen LogP contribution in [0, 0.1) is 23.0 Å². The molecule has 1 N–H and O–H groups in total. The molecule has 0 aliphatic heterocycles. The number of sulfonamides is 1. The molecule has 3 aromatic carbocycles. The lowest BCUT2D eigenvalue weighted by molar-refractivity contribution is -0.384. The number of anilines is 1. The molecule has 3 aromatic rings. The molecule has 0 saturated carbocycles. The Labute approximate surface area is 261 Å². The molecule has 230 valence electrons. The molecular weight excluding hydrogens is 615 g/mol. The van der Waals surface area contributed by atoms with E-state index < -0.39 is 39.3 Å². The summed E-state index contributed by atoms with van der Waals surface area (Å²) >= 11 is 12.9. The second kappa shape index (κ2) is 14.7. The van der Waals surface area contributed by atoms with E-state index in [1.165, 1.54) is 17.0 Å². The normalized spacial score (nSPS) is 12.1. The van der Waals surface area contributed by atoms with Gasteiger partial charge >= 0.3 is 0 Å². The smallest absolute Gasteiger partial charge is 0.271 e. The molecule has 0 aromatic heterocycles. The van der Waals surface area contributed by atoms with Gasteiger partial charge in [-0.2, -0.15) is 0 Å². The summed E-state index contributed by atoms with van der Waals surface area (Å²) in [5.41, 5.74) is 1.19. The van der Waals surface area contributed by atoms with Crippen molar-refractivity contribution < 1.29 is 22.9 Å². The van der Waals surface area contributed by atoms with Crippen molar-refractivity contribution in [2.45, 2.75) is 39.8 Å². The molecule has 0 aliphatic rings. The Morgan fingerprint density at radius 2 is 1.63 bits per heavy atom. The Hall–Kier alpha value is -3.67. The van der Waals surface area contributed by atoms with Crippen LogP contribution in [0.15, 0.2) is 66.7 Å². The number of carbonyl (C=O) groups excluding carboxylic acids is 2. The van der Waals surface area contributed by atoms with E-state index in [2.05, 4.69) is 5.32 Å². The van der Waals surface area contributed by atoms with Crippen molar-refractivity contribution in [3.8, 4) is 0 Å². The van der Waals surface area contributed by atoms with Crippen LogP contribution in [0.3, 0.4) is 0 Å². The van der Waals surface area contributed by atoms with E-state index in [0.717, 1.165) is 22.2 Å². The largest absolute Gasteiger partial charge is 0.354 e. The fraction of sp³-hybridized carbons (Fsp3) is 0.333. The van der Waals surface area contributed by atoms with Crippen LogP contribution in [0.2, 0.25) is 10.0 Å². The van der Waals surface area contributed by atoms with Gasteiger partial charge < -0.3 is 10.2 Å². The van der Waals surface area contributed by atoms with Crippen LogP contribution in [-0.4, -0.2) is 55.4 Å². The topological polar surface area (TPSA) is 130 Å². The minimum atomic E-state index is -4.12. The molecule has 43 heavy (non-hydrogen) atoms. The third kappa shape index (κ3) is 9.16. The summed E-state index contributed by atoms with van der Waals surface area (Å²) in [7, 11) is -4.12. The lowest BCUT2D eigenvalue weighted by Gasteiger charge is -2.34. The lowest BCUT2D eigenvalue weighted by atomic mass is 10.0. The van der Waals surface area contributed by atoms with Gasteiger partial charge in [0.1, 0.15) is 12.6 Å². The van der Waals surface area contributed by atoms with Crippen molar-refractivity contribution in [3.63, 3.8) is 0 Å². The number of rotatable bonds is 13. The minimum Gasteiger partial charge on any atom is -0.354 e. The van der Waals surface area contributed by atoms with E-state index in [9.17, 15) is 28.1 Å². The van der Waals surface area contributed by atoms with Crippen LogP contribution in [0.1, 0.15) is 30.5 Å². The quantitative estimate of drug-likeness (QED) is 0.195. The molecule has 2 amide bonds. The van der Waals surface area contributed by atoms with E-state index >= 15 is 0 Å². The number of benzene rings is 3. The van der Waals surface area contributed by atoms with Gasteiger partial charge in [0, 0.05) is 47.3 Å². The number of nitrogens with zero attached hydrogens (tertiary/aromatic N) is 3. The molecule has 10 nitrogen and oxygen atoms in total. The monoisotopic (exact) mass is 648 g/mol. The summed E-state index contributed by atoms with van der Waals surface area (Å²) in [6, 6.07) is 16.6. The third-order valence-electron chi connectivity index (χ3n) is 6.70. The van der Waals surface area contributed by atoms with Crippen molar-refractivity contribution in [2.24, 2.45) is 5.92 Å². The number of non-ortho nitro benzene ring substituents is 1. The van der Waals surface area contributed by atoms with Gasteiger partial charge in [-0.05, 0) is 36.1 Å². The molecule has 0 bridgehead atoms. The standard InChI is InChI=1S/C30H34Cl2N4O6S/c1-20(2)17-33-30(38)28(15-22-9-6-5-7-10-22)34(18-24-25(31)11-8-12-26(24)32)29(37)19-35(43(4,41)42)27-16-23(36(39)40)14-13-21(27)3/h5-14,16,20,28H,15,17-19H2,1-4H3,(H,33,38)/t28-/m1/s1. The van der Waals surface area contributed by atoms with Crippen molar-refractivity contribution in [2.75, 3.05) is 23.7 Å². The number of nitro benzene ring substituents is 1. The molecule has 3 rings (SSSR count). The van der Waals surface area contributed by atoms with Gasteiger partial charge in [-0.3, -0.25) is 24.0 Å². The predicted molar refractivity (Wildman–Crippen MR) is 169 cm³/mol. The minimum absolute atomic E-state index is 0.0235. The van der Waals surface area contributed by atoms with E-state index in [4.69, 9.17) is 23.2 Å². The van der Waals surface area contributed by atoms with Crippen LogP contribution in [0.25, 0.3) is 0 Å². The highest BCUT2D eigenvalue weighted by Gasteiger charge is 2.34. The molecule has 0 spiro atoms. The average Bonchev–Trinajstić information content (AvgIpc) is 2.93. The van der Waals surface area contributed by atoms with Crippen molar-refractivity contribution in [1.82, 2.24) is 10.2 Å². The van der Waals surface area contributed by atoms with Gasteiger partial charge in [-0.25, -0.2) is 8.42 Å². The Kier molecular flexibility index (Phi) is 11.5. The first-order valence-electron chi connectivity index (χ1n) is 13.5. The molecule has 0 fully saturated rings. The fourth-order valence-corrected chi connectivity index (χ4v) is 5.82. The zero-order valence-electron chi connectivity index (χ0n) is 24.3. The number of amides is 2. The number of carbonyl (C=O) groups is 2. The number of nitrogens with one attached hydrogen (secondary N) is 1. The molecular formula is C30H34Cl2N4O6S. The molecule has 0 heterocycles. The van der Waals surface area contributed by atoms with Crippen LogP contribution in [-0.2, 0) is 32.6 Å². The number of hydrogen-bond acceptors (Lipinski definition) is 6. The Morgan fingerprint density at radius 1 is 1.00 bits per heavy atom. The summed E-state index contributed by atoms with van der Waals surface area (Å²) in [5, 5.41) is 14.9. The van der Waals surface area contributed by atoms with Gasteiger partial charge in [0.05, 0.1) is 16.9 Å². The third-order valence-corrected chi connectivity index (χ3v) is 8.53. The number of halogens is 2. The van der Waals surface area contributed by atoms with E-state index in [-0.39, 0.29) is 40.3 Å². The summed E-state index contributed by atoms with van der Waals surface area (Å²) < 4.78 is 26.9. The van der Waals surface area contributed by atoms with E-state index in [1.807, 2.05) is 44.2 Å². The Morgan fingerprint density at radius 3 is 2.19 bits per heavy atom. The average molecular weight is 650 g/mol. The molecule has 13 heteroatoms. The zero-order chi connectivity index (χ0) is 31.9. The van der Waals surface area contributed by atoms with Crippen LogP contribution in [0.5, 0.6) is 0 Å². The Balaban J connectivity index is 2.14. The van der Waals surface area contributed by atoms with Gasteiger partial charge in [-0.1, -0.05) is 79.5 Å². The van der Waals surface area contributed by atoms with Crippen LogP contribution >= 0.6 is 23.2 Å². The Bertz CT molecular complexity index is 1560. The highest BCUT2D eigenvalue weighted by atomic mass is 35.5. The number of nitro groups is 1. The van der Waals surface area contributed by atoms with E-state index in [1.54, 1.807) is 25.1 Å². The predicted octanol–water partition coefficient (Wildman–Crippen LogP) is 5.39. The maximum absolute atomic E-state index is 14.2. The van der Waals surface area contributed by atoms with Gasteiger partial charge in [0.25, 0.3) is 5.69 Å². The summed E-state index contributed by atoms with van der Waals surface area (Å²) in [6.07, 6.45) is 1.03. The summed E-state index contributed by atoms with van der Waals surface area (Å²) in [4.78, 5) is 40.0. The van der Waals surface area contributed by atoms with Crippen LogP contribution in [0.4, 0.5) is 11.4 Å². The van der Waals surface area contributed by atoms with Gasteiger partial charge in [-0.15, -0.1) is 0 Å². The zero-order valence-corrected chi connectivity index (χ0v) is 26.6. The van der Waals surface area contributed by atoms with E-state index in [0.29, 0.717) is 17.7 Å². The first-order chi connectivity index (χ1) is 20.2. The maximum atomic E-state index is 14.2. The molecule has 1 atom stereocenters. The van der Waals surface area contributed by atoms with Gasteiger partial charge in [0.15, 0.2) is 0 Å². The SMILES string of the molecule is Cc1ccc([N+](=O)[O-])cc1N(CC(=O)N(Cc1c(Cl)cccc1Cl)[C@H](Cc1ccccc1)C(=O)NCC(C)C)S(C)(=O)=O. The molecule has 0 radical (unpaired) electrons. The van der Waals surface area contributed by atoms with Crippen molar-refractivity contribution >= 4 is 56.4 Å². The second-order valence-electron chi connectivity index (χ2n) is 10.6. The second-order valence-corrected chi connectivity index (χ2v) is 13.3. The van der Waals surface area contributed by atoms with Gasteiger partial charge in [0.2, 0.25) is 21.8 Å². The number of aryl methyl sites for hydroxylation is 1. The summed E-state index contributed by atoms with van der Waals surface area (Å²) in [5.74, 6) is -1.04. The van der Waals surface area contributed by atoms with Crippen molar-refractivity contribution in [3.05, 3.63) is 104 Å². The first-order valence-corrected chi connectivity index (χ1v) is 16.1. The highest BCUT2D eigenvalue weighted by molar-refractivity contribution is 7.92.